The highest BCUT2D eigenvalue weighted by Gasteiger charge is 2.23. The average molecular weight is 216 g/mol. The predicted molar refractivity (Wildman–Crippen MR) is 60.5 cm³/mol. The van der Waals surface area contributed by atoms with E-state index in [1.807, 2.05) is 0 Å². The van der Waals surface area contributed by atoms with Crippen molar-refractivity contribution in [2.75, 3.05) is 32.8 Å². The molecule has 0 aliphatic heterocycles. The van der Waals surface area contributed by atoms with Crippen molar-refractivity contribution in [1.29, 1.82) is 0 Å². The lowest BCUT2D eigenvalue weighted by atomic mass is 9.85. The lowest BCUT2D eigenvalue weighted by Gasteiger charge is -2.33. The molecule has 0 aromatic heterocycles. The Morgan fingerprint density at radius 2 is 1.67 bits per heavy atom. The van der Waals surface area contributed by atoms with Gasteiger partial charge in [0, 0.05) is 25.7 Å². The number of aliphatic hydroxyl groups excluding tert-OH is 2. The molecular weight excluding hydrogens is 192 g/mol. The molecule has 15 heavy (non-hydrogen) atoms. The fourth-order valence-corrected chi connectivity index (χ4v) is 2.37. The van der Waals surface area contributed by atoms with Gasteiger partial charge in [-0.2, -0.15) is 0 Å². The summed E-state index contributed by atoms with van der Waals surface area (Å²) in [4.78, 5) is 2.11. The molecule has 0 amide bonds. The van der Waals surface area contributed by atoms with Crippen LogP contribution in [-0.2, 0) is 0 Å². The van der Waals surface area contributed by atoms with Gasteiger partial charge in [0.05, 0.1) is 13.2 Å². The van der Waals surface area contributed by atoms with Crippen LogP contribution in [0.5, 0.6) is 0 Å². The summed E-state index contributed by atoms with van der Waals surface area (Å²) in [5.41, 5.74) is 6.07. The summed E-state index contributed by atoms with van der Waals surface area (Å²) >= 11 is 0. The molecule has 1 rings (SSSR count). The van der Waals surface area contributed by atoms with E-state index in [4.69, 9.17) is 15.9 Å². The van der Waals surface area contributed by atoms with Crippen LogP contribution >= 0.6 is 0 Å². The monoisotopic (exact) mass is 216 g/mol. The maximum absolute atomic E-state index is 8.90. The zero-order chi connectivity index (χ0) is 11.1. The van der Waals surface area contributed by atoms with Crippen LogP contribution in [0.25, 0.3) is 0 Å². The van der Waals surface area contributed by atoms with E-state index in [9.17, 15) is 0 Å². The number of hydrogen-bond acceptors (Lipinski definition) is 4. The second-order valence-corrected chi connectivity index (χ2v) is 4.46. The van der Waals surface area contributed by atoms with Gasteiger partial charge < -0.3 is 15.9 Å². The van der Waals surface area contributed by atoms with Crippen LogP contribution in [0.2, 0.25) is 0 Å². The maximum Gasteiger partial charge on any atom is 0.0558 e. The lowest BCUT2D eigenvalue weighted by molar-refractivity contribution is 0.127. The number of rotatable bonds is 6. The molecule has 1 aliphatic carbocycles. The van der Waals surface area contributed by atoms with E-state index in [-0.39, 0.29) is 13.2 Å². The van der Waals surface area contributed by atoms with E-state index < -0.39 is 0 Å². The van der Waals surface area contributed by atoms with Gasteiger partial charge in [-0.05, 0) is 18.8 Å². The first-order chi connectivity index (χ1) is 7.27. The molecule has 0 saturated heterocycles. The van der Waals surface area contributed by atoms with E-state index in [1.165, 1.54) is 19.3 Å². The topological polar surface area (TPSA) is 69.7 Å². The quantitative estimate of drug-likeness (QED) is 0.574. The molecule has 0 radical (unpaired) electrons. The average Bonchev–Trinajstić information content (AvgIpc) is 2.22. The standard InChI is InChI=1S/C11H24N2O2/c12-11-4-2-1-3-10(11)9-13(5-7-14)6-8-15/h10-11,14-15H,1-9,12H2. The van der Waals surface area contributed by atoms with Crippen LogP contribution < -0.4 is 5.73 Å². The summed E-state index contributed by atoms with van der Waals surface area (Å²) in [6.07, 6.45) is 4.83. The maximum atomic E-state index is 8.90. The van der Waals surface area contributed by atoms with Gasteiger partial charge in [-0.1, -0.05) is 12.8 Å². The molecule has 90 valence electrons. The zero-order valence-corrected chi connectivity index (χ0v) is 9.44. The molecule has 0 aromatic rings. The Balaban J connectivity index is 2.33. The molecule has 4 nitrogen and oxygen atoms in total. The van der Waals surface area contributed by atoms with Gasteiger partial charge in [0.2, 0.25) is 0 Å². The number of aliphatic hydroxyl groups is 2. The van der Waals surface area contributed by atoms with E-state index in [0.717, 1.165) is 13.0 Å². The van der Waals surface area contributed by atoms with Gasteiger partial charge in [0.1, 0.15) is 0 Å². The highest BCUT2D eigenvalue weighted by Crippen LogP contribution is 2.23. The van der Waals surface area contributed by atoms with Crippen LogP contribution in [-0.4, -0.2) is 54.0 Å². The Labute approximate surface area is 92.1 Å². The van der Waals surface area contributed by atoms with Gasteiger partial charge in [0.25, 0.3) is 0 Å². The number of nitrogens with zero attached hydrogens (tertiary/aromatic N) is 1. The predicted octanol–water partition coefficient (Wildman–Crippen LogP) is -0.209. The summed E-state index contributed by atoms with van der Waals surface area (Å²) in [7, 11) is 0. The van der Waals surface area contributed by atoms with E-state index in [1.54, 1.807) is 0 Å². The number of hydrogen-bond donors (Lipinski definition) is 3. The van der Waals surface area contributed by atoms with Crippen LogP contribution in [0.3, 0.4) is 0 Å². The molecule has 0 spiro atoms. The van der Waals surface area contributed by atoms with Crippen LogP contribution in [0.1, 0.15) is 25.7 Å². The third kappa shape index (κ3) is 4.47. The second kappa shape index (κ2) is 7.17. The highest BCUT2D eigenvalue weighted by atomic mass is 16.3. The fraction of sp³-hybridized carbons (Fsp3) is 1.00. The molecule has 0 bridgehead atoms. The van der Waals surface area contributed by atoms with Crippen molar-refractivity contribution in [3.63, 3.8) is 0 Å². The van der Waals surface area contributed by atoms with Crippen molar-refractivity contribution < 1.29 is 10.2 Å². The molecule has 0 heterocycles. The van der Waals surface area contributed by atoms with Crippen molar-refractivity contribution in [2.45, 2.75) is 31.7 Å². The molecule has 2 unspecified atom stereocenters. The third-order valence-corrected chi connectivity index (χ3v) is 3.29. The first-order valence-corrected chi connectivity index (χ1v) is 5.97. The Hall–Kier alpha value is -0.160. The smallest absolute Gasteiger partial charge is 0.0558 e. The van der Waals surface area contributed by atoms with Crippen molar-refractivity contribution in [3.8, 4) is 0 Å². The van der Waals surface area contributed by atoms with Gasteiger partial charge in [-0.15, -0.1) is 0 Å². The van der Waals surface area contributed by atoms with Crippen molar-refractivity contribution in [2.24, 2.45) is 11.7 Å². The van der Waals surface area contributed by atoms with Crippen LogP contribution in [0, 0.1) is 5.92 Å². The summed E-state index contributed by atoms with van der Waals surface area (Å²) in [6.45, 7) is 2.51. The Kier molecular flexibility index (Phi) is 6.17. The van der Waals surface area contributed by atoms with E-state index >= 15 is 0 Å². The van der Waals surface area contributed by atoms with Crippen molar-refractivity contribution in [3.05, 3.63) is 0 Å². The minimum Gasteiger partial charge on any atom is -0.395 e. The molecule has 4 N–H and O–H groups in total. The van der Waals surface area contributed by atoms with Gasteiger partial charge in [-0.25, -0.2) is 0 Å². The number of nitrogens with two attached hydrogens (primary N) is 1. The van der Waals surface area contributed by atoms with Crippen LogP contribution in [0.15, 0.2) is 0 Å². The van der Waals surface area contributed by atoms with E-state index in [0.29, 0.717) is 25.0 Å². The summed E-state index contributed by atoms with van der Waals surface area (Å²) in [5, 5.41) is 17.8. The first-order valence-electron chi connectivity index (χ1n) is 5.97. The summed E-state index contributed by atoms with van der Waals surface area (Å²) < 4.78 is 0. The van der Waals surface area contributed by atoms with Crippen molar-refractivity contribution >= 4 is 0 Å². The Morgan fingerprint density at radius 3 is 2.20 bits per heavy atom. The Bertz CT molecular complexity index is 161. The zero-order valence-electron chi connectivity index (χ0n) is 9.44. The van der Waals surface area contributed by atoms with Gasteiger partial charge >= 0.3 is 0 Å². The summed E-state index contributed by atoms with van der Waals surface area (Å²) in [5.74, 6) is 0.539. The fourth-order valence-electron chi connectivity index (χ4n) is 2.37. The van der Waals surface area contributed by atoms with Crippen molar-refractivity contribution in [1.82, 2.24) is 4.90 Å². The van der Waals surface area contributed by atoms with Gasteiger partial charge in [-0.3, -0.25) is 4.90 Å². The highest BCUT2D eigenvalue weighted by molar-refractivity contribution is 4.80. The van der Waals surface area contributed by atoms with Gasteiger partial charge in [0.15, 0.2) is 0 Å². The molecule has 2 atom stereocenters. The second-order valence-electron chi connectivity index (χ2n) is 4.46. The normalized spacial score (nSPS) is 27.2. The summed E-state index contributed by atoms with van der Waals surface area (Å²) in [6, 6.07) is 0.304. The molecular formula is C11H24N2O2. The third-order valence-electron chi connectivity index (χ3n) is 3.29. The SMILES string of the molecule is NC1CCCCC1CN(CCO)CCO. The Morgan fingerprint density at radius 1 is 1.07 bits per heavy atom. The molecule has 4 heteroatoms. The minimum atomic E-state index is 0.155. The molecule has 1 aliphatic rings. The lowest BCUT2D eigenvalue weighted by Crippen LogP contribution is -2.42. The largest absolute Gasteiger partial charge is 0.395 e. The van der Waals surface area contributed by atoms with Crippen LogP contribution in [0.4, 0.5) is 0 Å². The van der Waals surface area contributed by atoms with E-state index in [2.05, 4.69) is 4.90 Å². The molecule has 0 aromatic carbocycles. The molecule has 1 saturated carbocycles. The minimum absolute atomic E-state index is 0.155. The first kappa shape index (κ1) is 12.9. The molecule has 1 fully saturated rings.